The van der Waals surface area contributed by atoms with Crippen molar-refractivity contribution in [3.8, 4) is 0 Å². The molecule has 6 nitrogen and oxygen atoms in total. The van der Waals surface area contributed by atoms with E-state index in [4.69, 9.17) is 4.42 Å². The predicted octanol–water partition coefficient (Wildman–Crippen LogP) is 1.01. The van der Waals surface area contributed by atoms with Gasteiger partial charge in [-0.1, -0.05) is 25.0 Å². The molecular formula is C15H18N2O4. The summed E-state index contributed by atoms with van der Waals surface area (Å²) in [5, 5.41) is 12.7. The Bertz CT molecular complexity index is 703. The predicted molar refractivity (Wildman–Crippen MR) is 76.9 cm³/mol. The lowest BCUT2D eigenvalue weighted by Crippen LogP contribution is -2.46. The zero-order chi connectivity index (χ0) is 14.8. The lowest BCUT2D eigenvalue weighted by molar-refractivity contribution is -0.123. The molecular weight excluding hydrogens is 272 g/mol. The zero-order valence-electron chi connectivity index (χ0n) is 11.6. The highest BCUT2D eigenvalue weighted by molar-refractivity contribution is 5.79. The van der Waals surface area contributed by atoms with E-state index in [-0.39, 0.29) is 18.5 Å². The topological polar surface area (TPSA) is 84.5 Å². The molecule has 112 valence electrons. The van der Waals surface area contributed by atoms with Gasteiger partial charge < -0.3 is 14.8 Å². The molecule has 21 heavy (non-hydrogen) atoms. The van der Waals surface area contributed by atoms with Gasteiger partial charge in [0.05, 0.1) is 17.7 Å². The molecule has 2 N–H and O–H groups in total. The monoisotopic (exact) mass is 290 g/mol. The Labute approximate surface area is 121 Å². The second kappa shape index (κ2) is 5.73. The minimum Gasteiger partial charge on any atom is -0.408 e. The van der Waals surface area contributed by atoms with Gasteiger partial charge in [-0.05, 0) is 25.0 Å². The maximum absolute atomic E-state index is 12.1. The minimum absolute atomic E-state index is 0.0981. The van der Waals surface area contributed by atoms with E-state index in [1.165, 1.54) is 4.57 Å². The number of hydrogen-bond acceptors (Lipinski definition) is 4. The summed E-state index contributed by atoms with van der Waals surface area (Å²) in [6.07, 6.45) is 2.96. The standard InChI is InChI=1S/C15H18N2O4/c18-12-7-3-1-5-10(12)16-14(19)9-17-11-6-2-4-8-13(11)21-15(17)20/h2,4,6,8,10,12,18H,1,3,5,7,9H2,(H,16,19). The van der Waals surface area contributed by atoms with Crippen molar-refractivity contribution in [2.45, 2.75) is 44.4 Å². The molecule has 1 aliphatic rings. The van der Waals surface area contributed by atoms with Gasteiger partial charge in [-0.2, -0.15) is 0 Å². The van der Waals surface area contributed by atoms with Gasteiger partial charge in [0.15, 0.2) is 5.58 Å². The van der Waals surface area contributed by atoms with E-state index in [0.717, 1.165) is 19.3 Å². The van der Waals surface area contributed by atoms with Crippen molar-refractivity contribution < 1.29 is 14.3 Å². The van der Waals surface area contributed by atoms with Crippen molar-refractivity contribution in [2.75, 3.05) is 0 Å². The third kappa shape index (κ3) is 2.85. The molecule has 1 aromatic heterocycles. The second-order valence-corrected chi connectivity index (χ2v) is 5.45. The number of carbonyl (C=O) groups excluding carboxylic acids is 1. The molecule has 0 radical (unpaired) electrons. The molecule has 3 rings (SSSR count). The largest absolute Gasteiger partial charge is 0.420 e. The van der Waals surface area contributed by atoms with Crippen LogP contribution in [-0.4, -0.2) is 27.7 Å². The van der Waals surface area contributed by atoms with E-state index in [0.29, 0.717) is 17.5 Å². The molecule has 0 spiro atoms. The molecule has 1 heterocycles. The highest BCUT2D eigenvalue weighted by Crippen LogP contribution is 2.18. The van der Waals surface area contributed by atoms with Crippen LogP contribution in [0.5, 0.6) is 0 Å². The van der Waals surface area contributed by atoms with Gasteiger partial charge in [-0.3, -0.25) is 9.36 Å². The number of rotatable bonds is 3. The average molecular weight is 290 g/mol. The van der Waals surface area contributed by atoms with Crippen LogP contribution in [0.25, 0.3) is 11.1 Å². The average Bonchev–Trinajstić information content (AvgIpc) is 2.78. The van der Waals surface area contributed by atoms with Crippen LogP contribution < -0.4 is 11.1 Å². The second-order valence-electron chi connectivity index (χ2n) is 5.45. The lowest BCUT2D eigenvalue weighted by atomic mass is 9.92. The number of nitrogens with one attached hydrogen (secondary N) is 1. The van der Waals surface area contributed by atoms with E-state index < -0.39 is 11.9 Å². The van der Waals surface area contributed by atoms with Crippen LogP contribution in [0.3, 0.4) is 0 Å². The van der Waals surface area contributed by atoms with E-state index >= 15 is 0 Å². The molecule has 1 aromatic carbocycles. The highest BCUT2D eigenvalue weighted by atomic mass is 16.4. The van der Waals surface area contributed by atoms with E-state index in [1.807, 2.05) is 0 Å². The van der Waals surface area contributed by atoms with Crippen LogP contribution in [0.15, 0.2) is 33.5 Å². The van der Waals surface area contributed by atoms with E-state index in [2.05, 4.69) is 5.32 Å². The molecule has 1 fully saturated rings. The number of nitrogens with zero attached hydrogens (tertiary/aromatic N) is 1. The molecule has 0 aliphatic heterocycles. The van der Waals surface area contributed by atoms with Gasteiger partial charge in [-0.25, -0.2) is 4.79 Å². The SMILES string of the molecule is O=C(Cn1c(=O)oc2ccccc21)NC1CCCCC1O. The van der Waals surface area contributed by atoms with Crippen molar-refractivity contribution in [1.29, 1.82) is 0 Å². The van der Waals surface area contributed by atoms with Gasteiger partial charge >= 0.3 is 5.76 Å². The van der Waals surface area contributed by atoms with Crippen molar-refractivity contribution >= 4 is 17.0 Å². The summed E-state index contributed by atoms with van der Waals surface area (Å²) in [5.41, 5.74) is 1.06. The fraction of sp³-hybridized carbons (Fsp3) is 0.467. The Hall–Kier alpha value is -2.08. The number of fused-ring (bicyclic) bond motifs is 1. The lowest BCUT2D eigenvalue weighted by Gasteiger charge is -2.28. The number of aliphatic hydroxyl groups is 1. The fourth-order valence-corrected chi connectivity index (χ4v) is 2.84. The smallest absolute Gasteiger partial charge is 0.408 e. The molecule has 2 atom stereocenters. The Morgan fingerprint density at radius 2 is 2.10 bits per heavy atom. The number of para-hydroxylation sites is 2. The van der Waals surface area contributed by atoms with Crippen LogP contribution in [0, 0.1) is 0 Å². The molecule has 2 aromatic rings. The molecule has 0 saturated heterocycles. The fourth-order valence-electron chi connectivity index (χ4n) is 2.84. The summed E-state index contributed by atoms with van der Waals surface area (Å²) in [7, 11) is 0. The summed E-state index contributed by atoms with van der Waals surface area (Å²) >= 11 is 0. The summed E-state index contributed by atoms with van der Waals surface area (Å²) in [6.45, 7) is -0.0981. The van der Waals surface area contributed by atoms with E-state index in [9.17, 15) is 14.7 Å². The number of aromatic nitrogens is 1. The Kier molecular flexibility index (Phi) is 3.79. The summed E-state index contributed by atoms with van der Waals surface area (Å²) in [4.78, 5) is 23.9. The third-order valence-corrected chi connectivity index (χ3v) is 3.95. The van der Waals surface area contributed by atoms with Crippen LogP contribution in [0.1, 0.15) is 25.7 Å². The van der Waals surface area contributed by atoms with Crippen LogP contribution in [0.4, 0.5) is 0 Å². The summed E-state index contributed by atoms with van der Waals surface area (Å²) in [6, 6.07) is 6.77. The van der Waals surface area contributed by atoms with E-state index in [1.54, 1.807) is 24.3 Å². The first-order valence-corrected chi connectivity index (χ1v) is 7.21. The Morgan fingerprint density at radius 3 is 2.90 bits per heavy atom. The van der Waals surface area contributed by atoms with Crippen LogP contribution in [0.2, 0.25) is 0 Å². The van der Waals surface area contributed by atoms with Crippen molar-refractivity contribution in [1.82, 2.24) is 9.88 Å². The molecule has 1 amide bonds. The number of benzene rings is 1. The zero-order valence-corrected chi connectivity index (χ0v) is 11.6. The van der Waals surface area contributed by atoms with Crippen molar-refractivity contribution in [2.24, 2.45) is 0 Å². The first-order chi connectivity index (χ1) is 10.1. The van der Waals surface area contributed by atoms with Crippen molar-refractivity contribution in [3.63, 3.8) is 0 Å². The number of carbonyl (C=O) groups is 1. The molecule has 2 unspecified atom stereocenters. The van der Waals surface area contributed by atoms with Gasteiger partial charge in [0.2, 0.25) is 5.91 Å². The van der Waals surface area contributed by atoms with Gasteiger partial charge in [0.25, 0.3) is 0 Å². The maximum Gasteiger partial charge on any atom is 0.420 e. The number of hydrogen-bond donors (Lipinski definition) is 2. The Morgan fingerprint density at radius 1 is 1.33 bits per heavy atom. The quantitative estimate of drug-likeness (QED) is 0.883. The molecule has 6 heteroatoms. The van der Waals surface area contributed by atoms with Crippen LogP contribution in [-0.2, 0) is 11.3 Å². The normalized spacial score (nSPS) is 22.3. The van der Waals surface area contributed by atoms with Gasteiger partial charge in [0, 0.05) is 0 Å². The highest BCUT2D eigenvalue weighted by Gasteiger charge is 2.24. The van der Waals surface area contributed by atoms with Crippen LogP contribution >= 0.6 is 0 Å². The number of oxazole rings is 1. The first kappa shape index (κ1) is 13.9. The summed E-state index contributed by atoms with van der Waals surface area (Å²) in [5.74, 6) is -0.829. The number of amides is 1. The van der Waals surface area contributed by atoms with Gasteiger partial charge in [0.1, 0.15) is 6.54 Å². The molecule has 1 aliphatic carbocycles. The maximum atomic E-state index is 12.1. The van der Waals surface area contributed by atoms with Gasteiger partial charge in [-0.15, -0.1) is 0 Å². The first-order valence-electron chi connectivity index (χ1n) is 7.21. The third-order valence-electron chi connectivity index (χ3n) is 3.95. The minimum atomic E-state index is -0.546. The van der Waals surface area contributed by atoms with Crippen molar-refractivity contribution in [3.05, 3.63) is 34.8 Å². The number of aliphatic hydroxyl groups excluding tert-OH is 1. The Balaban J connectivity index is 1.74. The molecule has 1 saturated carbocycles. The summed E-state index contributed by atoms with van der Waals surface area (Å²) < 4.78 is 6.39. The molecule has 0 bridgehead atoms.